The van der Waals surface area contributed by atoms with Crippen molar-refractivity contribution in [3.63, 3.8) is 0 Å². The van der Waals surface area contributed by atoms with Crippen LogP contribution in [0.3, 0.4) is 0 Å². The molecule has 0 unspecified atom stereocenters. The van der Waals surface area contributed by atoms with Gasteiger partial charge in [-0.1, -0.05) is 11.8 Å². The molecule has 0 aliphatic heterocycles. The highest BCUT2D eigenvalue weighted by Gasteiger charge is 2.13. The molecule has 0 spiro atoms. The van der Waals surface area contributed by atoms with Crippen LogP contribution in [0.1, 0.15) is 16.1 Å². The second-order valence-corrected chi connectivity index (χ2v) is 4.39. The summed E-state index contributed by atoms with van der Waals surface area (Å²) in [4.78, 5) is 16.0. The fraction of sp³-hybridized carbons (Fsp3) is 0.182. The largest absolute Gasteiger partial charge is 0.298 e. The molecule has 2 aromatic rings. The van der Waals surface area contributed by atoms with Gasteiger partial charge in [-0.3, -0.25) is 14.5 Å². The molecule has 2 heterocycles. The Morgan fingerprint density at radius 2 is 2.06 bits per heavy atom. The Morgan fingerprint density at radius 3 is 2.69 bits per heavy atom. The number of carbonyl (C=O) groups excluding carboxylic acids is 1. The highest BCUT2D eigenvalue weighted by molar-refractivity contribution is 7.99. The molecular weight excluding hydrogens is 222 g/mol. The van der Waals surface area contributed by atoms with E-state index in [0.29, 0.717) is 5.56 Å². The van der Waals surface area contributed by atoms with Gasteiger partial charge < -0.3 is 0 Å². The topological polar surface area (TPSA) is 47.8 Å². The number of carbonyl (C=O) groups is 1. The van der Waals surface area contributed by atoms with Crippen LogP contribution in [0.5, 0.6) is 0 Å². The summed E-state index contributed by atoms with van der Waals surface area (Å²) in [6, 6.07) is 3.81. The lowest BCUT2D eigenvalue weighted by Gasteiger charge is -2.02. The molecule has 5 heteroatoms. The van der Waals surface area contributed by atoms with Gasteiger partial charge in [-0.15, -0.1) is 0 Å². The van der Waals surface area contributed by atoms with E-state index >= 15 is 0 Å². The predicted molar refractivity (Wildman–Crippen MR) is 61.7 cm³/mol. The van der Waals surface area contributed by atoms with Crippen molar-refractivity contribution in [1.82, 2.24) is 14.8 Å². The van der Waals surface area contributed by atoms with Crippen LogP contribution < -0.4 is 0 Å². The smallest absolute Gasteiger partial charge is 0.154 e. The van der Waals surface area contributed by atoms with E-state index in [-0.39, 0.29) is 0 Å². The Bertz CT molecular complexity index is 507. The fourth-order valence-corrected chi connectivity index (χ4v) is 2.39. The standard InChI is InChI=1S/C11H11N3OS/c1-8-10(7-15)11(14(2)13-8)16-9-3-5-12-6-4-9/h3-7H,1-2H3. The molecule has 0 radical (unpaired) electrons. The van der Waals surface area contributed by atoms with Gasteiger partial charge >= 0.3 is 0 Å². The molecule has 0 fully saturated rings. The monoisotopic (exact) mass is 233 g/mol. The van der Waals surface area contributed by atoms with Crippen LogP contribution in [-0.2, 0) is 7.05 Å². The summed E-state index contributed by atoms with van der Waals surface area (Å²) >= 11 is 1.52. The minimum Gasteiger partial charge on any atom is -0.298 e. The van der Waals surface area contributed by atoms with E-state index in [0.717, 1.165) is 21.9 Å². The Morgan fingerprint density at radius 1 is 1.38 bits per heavy atom. The van der Waals surface area contributed by atoms with E-state index < -0.39 is 0 Å². The molecule has 0 saturated carbocycles. The molecule has 0 bridgehead atoms. The molecule has 16 heavy (non-hydrogen) atoms. The summed E-state index contributed by atoms with van der Waals surface area (Å²) in [5.41, 5.74) is 1.42. The van der Waals surface area contributed by atoms with Crippen LogP contribution in [0, 0.1) is 6.92 Å². The second kappa shape index (κ2) is 4.49. The highest BCUT2D eigenvalue weighted by atomic mass is 32.2. The molecule has 0 aromatic carbocycles. The third-order valence-electron chi connectivity index (χ3n) is 2.20. The number of aryl methyl sites for hydroxylation is 2. The van der Waals surface area contributed by atoms with Gasteiger partial charge in [0.2, 0.25) is 0 Å². The Kier molecular flexibility index (Phi) is 3.05. The van der Waals surface area contributed by atoms with Gasteiger partial charge in [0.05, 0.1) is 11.3 Å². The van der Waals surface area contributed by atoms with Crippen molar-refractivity contribution in [3.05, 3.63) is 35.8 Å². The average molecular weight is 233 g/mol. The zero-order chi connectivity index (χ0) is 11.5. The summed E-state index contributed by atoms with van der Waals surface area (Å²) in [7, 11) is 1.84. The van der Waals surface area contributed by atoms with Gasteiger partial charge in [-0.2, -0.15) is 5.10 Å². The Hall–Kier alpha value is -1.62. The van der Waals surface area contributed by atoms with Gasteiger partial charge in [0.15, 0.2) is 6.29 Å². The molecular formula is C11H11N3OS. The molecule has 0 N–H and O–H groups in total. The fourth-order valence-electron chi connectivity index (χ4n) is 1.43. The van der Waals surface area contributed by atoms with Crippen LogP contribution in [0.25, 0.3) is 0 Å². The van der Waals surface area contributed by atoms with Gasteiger partial charge in [0, 0.05) is 24.3 Å². The molecule has 0 aliphatic rings. The van der Waals surface area contributed by atoms with Crippen molar-refractivity contribution >= 4 is 18.0 Å². The van der Waals surface area contributed by atoms with Crippen LogP contribution in [-0.4, -0.2) is 21.1 Å². The van der Waals surface area contributed by atoms with Crippen molar-refractivity contribution in [2.75, 3.05) is 0 Å². The SMILES string of the molecule is Cc1nn(C)c(Sc2ccncc2)c1C=O. The van der Waals surface area contributed by atoms with Crippen LogP contribution in [0.4, 0.5) is 0 Å². The number of pyridine rings is 1. The third kappa shape index (κ3) is 1.99. The van der Waals surface area contributed by atoms with Crippen LogP contribution in [0.2, 0.25) is 0 Å². The number of rotatable bonds is 3. The zero-order valence-corrected chi connectivity index (χ0v) is 9.86. The number of hydrogen-bond donors (Lipinski definition) is 0. The van der Waals surface area contributed by atoms with E-state index in [1.54, 1.807) is 17.1 Å². The highest BCUT2D eigenvalue weighted by Crippen LogP contribution is 2.30. The minimum atomic E-state index is 0.657. The van der Waals surface area contributed by atoms with Crippen molar-refractivity contribution in [2.45, 2.75) is 16.8 Å². The van der Waals surface area contributed by atoms with Gasteiger partial charge in [-0.25, -0.2) is 0 Å². The lowest BCUT2D eigenvalue weighted by atomic mass is 10.3. The molecule has 0 saturated heterocycles. The lowest BCUT2D eigenvalue weighted by Crippen LogP contribution is -1.93. The maximum Gasteiger partial charge on any atom is 0.154 e. The first-order chi connectivity index (χ1) is 7.72. The first-order valence-electron chi connectivity index (χ1n) is 4.79. The second-order valence-electron chi connectivity index (χ2n) is 3.33. The summed E-state index contributed by atoms with van der Waals surface area (Å²) < 4.78 is 1.73. The quantitative estimate of drug-likeness (QED) is 0.762. The summed E-state index contributed by atoms with van der Waals surface area (Å²) in [5.74, 6) is 0. The molecule has 82 valence electrons. The molecule has 0 aliphatic carbocycles. The van der Waals surface area contributed by atoms with Crippen molar-refractivity contribution < 1.29 is 4.79 Å². The molecule has 0 amide bonds. The Balaban J connectivity index is 2.38. The summed E-state index contributed by atoms with van der Waals surface area (Å²) in [6.45, 7) is 1.83. The Labute approximate surface area is 97.7 Å². The third-order valence-corrected chi connectivity index (χ3v) is 3.38. The molecule has 0 atom stereocenters. The van der Waals surface area contributed by atoms with Crippen molar-refractivity contribution in [2.24, 2.45) is 7.05 Å². The van der Waals surface area contributed by atoms with E-state index in [2.05, 4.69) is 10.1 Å². The number of hydrogen-bond acceptors (Lipinski definition) is 4. The van der Waals surface area contributed by atoms with E-state index in [4.69, 9.17) is 0 Å². The van der Waals surface area contributed by atoms with Gasteiger partial charge in [0.25, 0.3) is 0 Å². The van der Waals surface area contributed by atoms with E-state index in [1.165, 1.54) is 11.8 Å². The summed E-state index contributed by atoms with van der Waals surface area (Å²) in [5, 5.41) is 5.09. The normalized spacial score (nSPS) is 10.4. The first kappa shape index (κ1) is 10.9. The van der Waals surface area contributed by atoms with Gasteiger partial charge in [-0.05, 0) is 19.1 Å². The summed E-state index contributed by atoms with van der Waals surface area (Å²) in [6.07, 6.45) is 4.31. The van der Waals surface area contributed by atoms with Crippen LogP contribution in [0.15, 0.2) is 34.4 Å². The molecule has 2 rings (SSSR count). The first-order valence-corrected chi connectivity index (χ1v) is 5.60. The maximum atomic E-state index is 11.0. The minimum absolute atomic E-state index is 0.657. The van der Waals surface area contributed by atoms with Gasteiger partial charge in [0.1, 0.15) is 5.03 Å². The number of aldehydes is 1. The lowest BCUT2D eigenvalue weighted by molar-refractivity contribution is 0.112. The van der Waals surface area contributed by atoms with Crippen molar-refractivity contribution in [3.8, 4) is 0 Å². The van der Waals surface area contributed by atoms with Crippen LogP contribution >= 0.6 is 11.8 Å². The van der Waals surface area contributed by atoms with E-state index in [9.17, 15) is 4.79 Å². The van der Waals surface area contributed by atoms with Crippen molar-refractivity contribution in [1.29, 1.82) is 0 Å². The zero-order valence-electron chi connectivity index (χ0n) is 9.04. The molecule has 4 nitrogen and oxygen atoms in total. The van der Waals surface area contributed by atoms with E-state index in [1.807, 2.05) is 26.1 Å². The molecule has 2 aromatic heterocycles. The maximum absolute atomic E-state index is 11.0. The number of aromatic nitrogens is 3. The average Bonchev–Trinajstić information content (AvgIpc) is 2.55. The predicted octanol–water partition coefficient (Wildman–Crippen LogP) is 2.09. The number of nitrogens with zero attached hydrogens (tertiary/aromatic N) is 3.